The average molecular weight is 371 g/mol. The third-order valence-electron chi connectivity index (χ3n) is 4.92. The van der Waals surface area contributed by atoms with Crippen molar-refractivity contribution in [2.45, 2.75) is 26.2 Å². The lowest BCUT2D eigenvalue weighted by molar-refractivity contribution is 0.0859. The molecule has 1 N–H and O–H groups in total. The number of para-hydroxylation sites is 1. The normalized spacial score (nSPS) is 14.9. The number of anilines is 1. The Morgan fingerprint density at radius 2 is 1.73 bits per heavy atom. The highest BCUT2D eigenvalue weighted by molar-refractivity contribution is 6.30. The predicted molar refractivity (Wildman–Crippen MR) is 105 cm³/mol. The van der Waals surface area contributed by atoms with Crippen molar-refractivity contribution in [2.75, 3.05) is 18.4 Å². The van der Waals surface area contributed by atoms with E-state index in [1.165, 1.54) is 0 Å². The molecule has 0 atom stereocenters. The number of benzene rings is 2. The molecule has 26 heavy (non-hydrogen) atoms. The van der Waals surface area contributed by atoms with Crippen LogP contribution in [0.4, 0.5) is 10.5 Å². The van der Waals surface area contributed by atoms with Crippen molar-refractivity contribution in [3.8, 4) is 0 Å². The molecule has 5 heteroatoms. The number of halogens is 1. The topological polar surface area (TPSA) is 49.4 Å². The van der Waals surface area contributed by atoms with Crippen LogP contribution in [0, 0.1) is 5.92 Å². The molecule has 136 valence electrons. The second-order valence-corrected chi connectivity index (χ2v) is 7.01. The predicted octanol–water partition coefficient (Wildman–Crippen LogP) is 5.03. The van der Waals surface area contributed by atoms with Gasteiger partial charge in [-0.15, -0.1) is 0 Å². The summed E-state index contributed by atoms with van der Waals surface area (Å²) in [6, 6.07) is 14.8. The van der Waals surface area contributed by atoms with E-state index in [-0.39, 0.29) is 17.7 Å². The van der Waals surface area contributed by atoms with Gasteiger partial charge in [-0.05, 0) is 55.2 Å². The molecule has 2 aromatic rings. The van der Waals surface area contributed by atoms with Gasteiger partial charge in [0.25, 0.3) is 0 Å². The Kier molecular flexibility index (Phi) is 5.94. The van der Waals surface area contributed by atoms with Crippen LogP contribution in [0.3, 0.4) is 0 Å². The lowest BCUT2D eigenvalue weighted by Gasteiger charge is -2.31. The van der Waals surface area contributed by atoms with E-state index < -0.39 is 0 Å². The number of ketones is 1. The van der Waals surface area contributed by atoms with Gasteiger partial charge in [0, 0.05) is 35.3 Å². The fraction of sp³-hybridized carbons (Fsp3) is 0.333. The molecule has 2 amide bonds. The maximum absolute atomic E-state index is 12.6. The first-order valence-electron chi connectivity index (χ1n) is 9.02. The van der Waals surface area contributed by atoms with E-state index in [1.54, 1.807) is 29.2 Å². The van der Waals surface area contributed by atoms with Gasteiger partial charge in [0.05, 0.1) is 0 Å². The first kappa shape index (κ1) is 18.5. The molecule has 1 aliphatic rings. The first-order valence-corrected chi connectivity index (χ1v) is 9.40. The van der Waals surface area contributed by atoms with Crippen LogP contribution in [0.25, 0.3) is 0 Å². The number of aryl methyl sites for hydroxylation is 1. The second-order valence-electron chi connectivity index (χ2n) is 6.57. The minimum Gasteiger partial charge on any atom is -0.324 e. The van der Waals surface area contributed by atoms with Crippen LogP contribution in [0.5, 0.6) is 0 Å². The number of carbonyl (C=O) groups is 2. The zero-order chi connectivity index (χ0) is 18.5. The van der Waals surface area contributed by atoms with Crippen LogP contribution in [-0.2, 0) is 6.42 Å². The summed E-state index contributed by atoms with van der Waals surface area (Å²) in [7, 11) is 0. The number of likely N-dealkylation sites (tertiary alicyclic amines) is 1. The van der Waals surface area contributed by atoms with E-state index in [2.05, 4.69) is 12.2 Å². The van der Waals surface area contributed by atoms with Crippen molar-refractivity contribution >= 4 is 29.1 Å². The number of amides is 2. The van der Waals surface area contributed by atoms with E-state index in [1.807, 2.05) is 24.3 Å². The number of rotatable bonds is 4. The average Bonchev–Trinajstić information content (AvgIpc) is 2.68. The first-order chi connectivity index (χ1) is 12.6. The Bertz CT molecular complexity index is 781. The number of carbonyl (C=O) groups excluding carboxylic acids is 2. The summed E-state index contributed by atoms with van der Waals surface area (Å²) >= 11 is 5.88. The van der Waals surface area contributed by atoms with Gasteiger partial charge in [-0.3, -0.25) is 4.79 Å². The van der Waals surface area contributed by atoms with Gasteiger partial charge in [-0.1, -0.05) is 36.7 Å². The third-order valence-corrected chi connectivity index (χ3v) is 5.17. The molecule has 1 fully saturated rings. The van der Waals surface area contributed by atoms with Gasteiger partial charge in [-0.25, -0.2) is 4.79 Å². The Hall–Kier alpha value is -2.33. The van der Waals surface area contributed by atoms with E-state index in [0.29, 0.717) is 36.5 Å². The summed E-state index contributed by atoms with van der Waals surface area (Å²) in [4.78, 5) is 26.9. The van der Waals surface area contributed by atoms with Crippen LogP contribution < -0.4 is 5.32 Å². The molecular weight excluding hydrogens is 348 g/mol. The van der Waals surface area contributed by atoms with Gasteiger partial charge in [-0.2, -0.15) is 0 Å². The molecule has 1 aliphatic heterocycles. The van der Waals surface area contributed by atoms with Gasteiger partial charge in [0.15, 0.2) is 5.78 Å². The van der Waals surface area contributed by atoms with Crippen LogP contribution in [0.1, 0.15) is 35.7 Å². The Labute approximate surface area is 159 Å². The van der Waals surface area contributed by atoms with Crippen molar-refractivity contribution in [3.63, 3.8) is 0 Å². The molecule has 3 rings (SSSR count). The monoisotopic (exact) mass is 370 g/mol. The lowest BCUT2D eigenvalue weighted by atomic mass is 9.89. The molecule has 4 nitrogen and oxygen atoms in total. The molecule has 0 radical (unpaired) electrons. The summed E-state index contributed by atoms with van der Waals surface area (Å²) in [6.45, 7) is 3.24. The Balaban J connectivity index is 1.57. The summed E-state index contributed by atoms with van der Waals surface area (Å²) < 4.78 is 0. The number of urea groups is 1. The zero-order valence-corrected chi connectivity index (χ0v) is 15.6. The van der Waals surface area contributed by atoms with Crippen molar-refractivity contribution in [2.24, 2.45) is 5.92 Å². The molecule has 0 aliphatic carbocycles. The third kappa shape index (κ3) is 4.25. The summed E-state index contributed by atoms with van der Waals surface area (Å²) in [6.07, 6.45) is 2.24. The fourth-order valence-electron chi connectivity index (χ4n) is 3.34. The molecule has 0 aromatic heterocycles. The summed E-state index contributed by atoms with van der Waals surface area (Å²) in [5.41, 5.74) is 2.67. The van der Waals surface area contributed by atoms with Crippen LogP contribution in [0.2, 0.25) is 5.02 Å². The maximum Gasteiger partial charge on any atom is 0.321 e. The minimum atomic E-state index is -0.0942. The smallest absolute Gasteiger partial charge is 0.321 e. The number of nitrogens with zero attached hydrogens (tertiary/aromatic N) is 1. The van der Waals surface area contributed by atoms with E-state index in [4.69, 9.17) is 11.6 Å². The standard InChI is InChI=1S/C21H23ClN2O2/c1-2-15-5-3-4-6-19(15)23-21(26)24-13-11-17(12-14-24)20(25)16-7-9-18(22)10-8-16/h3-10,17H,2,11-14H2,1H3,(H,23,26). The number of piperidine rings is 1. The number of hydrogen-bond acceptors (Lipinski definition) is 2. The highest BCUT2D eigenvalue weighted by Gasteiger charge is 2.28. The van der Waals surface area contributed by atoms with Crippen molar-refractivity contribution in [1.82, 2.24) is 4.90 Å². The lowest BCUT2D eigenvalue weighted by Crippen LogP contribution is -2.42. The van der Waals surface area contributed by atoms with Crippen molar-refractivity contribution in [1.29, 1.82) is 0 Å². The highest BCUT2D eigenvalue weighted by atomic mass is 35.5. The zero-order valence-electron chi connectivity index (χ0n) is 14.9. The Morgan fingerprint density at radius 1 is 1.08 bits per heavy atom. The molecule has 0 bridgehead atoms. The van der Waals surface area contributed by atoms with Crippen LogP contribution >= 0.6 is 11.6 Å². The summed E-state index contributed by atoms with van der Waals surface area (Å²) in [5, 5.41) is 3.63. The highest BCUT2D eigenvalue weighted by Crippen LogP contribution is 2.24. The molecule has 1 heterocycles. The Morgan fingerprint density at radius 3 is 2.38 bits per heavy atom. The van der Waals surface area contributed by atoms with Gasteiger partial charge in [0.1, 0.15) is 0 Å². The SMILES string of the molecule is CCc1ccccc1NC(=O)N1CCC(C(=O)c2ccc(Cl)cc2)CC1. The minimum absolute atomic E-state index is 0.0387. The van der Waals surface area contributed by atoms with E-state index in [0.717, 1.165) is 17.7 Å². The van der Waals surface area contributed by atoms with Gasteiger partial charge in [0.2, 0.25) is 0 Å². The number of hydrogen-bond donors (Lipinski definition) is 1. The largest absolute Gasteiger partial charge is 0.324 e. The second kappa shape index (κ2) is 8.37. The molecule has 2 aromatic carbocycles. The molecule has 0 unspecified atom stereocenters. The molecule has 0 saturated carbocycles. The van der Waals surface area contributed by atoms with Gasteiger partial charge >= 0.3 is 6.03 Å². The maximum atomic E-state index is 12.6. The van der Waals surface area contributed by atoms with Crippen molar-refractivity contribution < 1.29 is 9.59 Å². The van der Waals surface area contributed by atoms with Gasteiger partial charge < -0.3 is 10.2 Å². The molecule has 1 saturated heterocycles. The van der Waals surface area contributed by atoms with Crippen LogP contribution in [0.15, 0.2) is 48.5 Å². The number of Topliss-reactive ketones (excluding diaryl/α,β-unsaturated/α-hetero) is 1. The molecule has 0 spiro atoms. The van der Waals surface area contributed by atoms with E-state index in [9.17, 15) is 9.59 Å². The van der Waals surface area contributed by atoms with Crippen molar-refractivity contribution in [3.05, 3.63) is 64.7 Å². The molecular formula is C21H23ClN2O2. The quantitative estimate of drug-likeness (QED) is 0.767. The fourth-order valence-corrected chi connectivity index (χ4v) is 3.47. The van der Waals surface area contributed by atoms with E-state index >= 15 is 0 Å². The summed E-state index contributed by atoms with van der Waals surface area (Å²) in [5.74, 6) is 0.0983. The number of nitrogens with one attached hydrogen (secondary N) is 1. The van der Waals surface area contributed by atoms with Crippen LogP contribution in [-0.4, -0.2) is 29.8 Å².